The summed E-state index contributed by atoms with van der Waals surface area (Å²) in [7, 11) is 0. The number of hydrogen-bond acceptors (Lipinski definition) is 5. The normalized spacial score (nSPS) is 17.3. The number of carbonyl (C=O) groups excluding carboxylic acids is 1. The molecule has 0 spiro atoms. The van der Waals surface area contributed by atoms with E-state index in [-0.39, 0.29) is 11.6 Å². The maximum atomic E-state index is 13.2. The Kier molecular flexibility index (Phi) is 5.00. The third-order valence-corrected chi connectivity index (χ3v) is 5.97. The Bertz CT molecular complexity index is 1200. The van der Waals surface area contributed by atoms with Gasteiger partial charge in [0.25, 0.3) is 0 Å². The highest BCUT2D eigenvalue weighted by Crippen LogP contribution is 2.40. The zero-order valence-electron chi connectivity index (χ0n) is 16.5. The van der Waals surface area contributed by atoms with Gasteiger partial charge in [-0.1, -0.05) is 15.9 Å². The number of hydrogen-bond donors (Lipinski definition) is 1. The predicted molar refractivity (Wildman–Crippen MR) is 117 cm³/mol. The van der Waals surface area contributed by atoms with Gasteiger partial charge in [-0.3, -0.25) is 15.2 Å². The van der Waals surface area contributed by atoms with E-state index in [9.17, 15) is 18.0 Å². The molecule has 7 nitrogen and oxygen atoms in total. The van der Waals surface area contributed by atoms with E-state index >= 15 is 0 Å². The number of amides is 2. The van der Waals surface area contributed by atoms with Crippen molar-refractivity contribution in [3.8, 4) is 11.3 Å². The summed E-state index contributed by atoms with van der Waals surface area (Å²) in [6.07, 6.45) is -1.12. The number of urea groups is 1. The molecule has 1 unspecified atom stereocenters. The number of alkyl halides is 3. The highest BCUT2D eigenvalue weighted by Gasteiger charge is 2.40. The molecule has 0 aromatic carbocycles. The first kappa shape index (κ1) is 20.7. The summed E-state index contributed by atoms with van der Waals surface area (Å²) in [6, 6.07) is 8.84. The monoisotopic (exact) mass is 504 g/mol. The Hall–Kier alpha value is -3.21. The lowest BCUT2D eigenvalue weighted by Crippen LogP contribution is -2.48. The van der Waals surface area contributed by atoms with Crippen molar-refractivity contribution in [1.82, 2.24) is 15.0 Å². The molecule has 2 bridgehead atoms. The van der Waals surface area contributed by atoms with Crippen molar-refractivity contribution in [1.29, 1.82) is 0 Å². The number of halogens is 4. The Morgan fingerprint density at radius 3 is 2.72 bits per heavy atom. The summed E-state index contributed by atoms with van der Waals surface area (Å²) < 4.78 is 40.1. The van der Waals surface area contributed by atoms with Crippen molar-refractivity contribution in [2.75, 3.05) is 28.2 Å². The van der Waals surface area contributed by atoms with Crippen LogP contribution in [0.25, 0.3) is 11.3 Å². The van der Waals surface area contributed by atoms with Gasteiger partial charge in [-0.25, -0.2) is 14.8 Å². The fourth-order valence-electron chi connectivity index (χ4n) is 4.02. The molecule has 1 saturated heterocycles. The molecule has 1 fully saturated rings. The Labute approximate surface area is 189 Å². The van der Waals surface area contributed by atoms with Crippen molar-refractivity contribution >= 4 is 39.3 Å². The van der Waals surface area contributed by atoms with Crippen LogP contribution in [0.5, 0.6) is 0 Å². The van der Waals surface area contributed by atoms with E-state index in [0.29, 0.717) is 23.9 Å². The van der Waals surface area contributed by atoms with Gasteiger partial charge in [-0.15, -0.1) is 0 Å². The van der Waals surface area contributed by atoms with Crippen molar-refractivity contribution in [2.45, 2.75) is 18.6 Å². The van der Waals surface area contributed by atoms with Crippen LogP contribution in [-0.2, 0) is 6.18 Å². The van der Waals surface area contributed by atoms with Crippen LogP contribution in [0.2, 0.25) is 0 Å². The number of nitrogens with zero attached hydrogens (tertiary/aromatic N) is 5. The molecule has 3 aromatic rings. The number of pyridine rings is 3. The van der Waals surface area contributed by atoms with Gasteiger partial charge < -0.3 is 4.90 Å². The molecule has 0 radical (unpaired) electrons. The molecule has 0 saturated carbocycles. The Balaban J connectivity index is 1.53. The van der Waals surface area contributed by atoms with Crippen LogP contribution in [0.3, 0.4) is 0 Å². The quantitative estimate of drug-likeness (QED) is 0.534. The molecule has 2 amide bonds. The minimum absolute atomic E-state index is 0.0967. The summed E-state index contributed by atoms with van der Waals surface area (Å²) in [6.45, 7) is 1.44. The molecule has 2 aliphatic rings. The highest BCUT2D eigenvalue weighted by atomic mass is 79.9. The molecule has 1 N–H and O–H groups in total. The van der Waals surface area contributed by atoms with Gasteiger partial charge in [0.1, 0.15) is 11.5 Å². The molecule has 32 heavy (non-hydrogen) atoms. The minimum Gasteiger partial charge on any atom is -0.366 e. The standard InChI is InChI=1S/C21H16BrF3N6O/c22-13-4-7-27-18(10-13)29-20(32)31-14-5-8-30(11-14)16-2-1-15(28-19(16)31)12-3-6-26-17(9-12)21(23,24)25/h1-4,6-7,9-10,14H,5,8,11H2,(H,27,29,32). The van der Waals surface area contributed by atoms with Gasteiger partial charge >= 0.3 is 12.2 Å². The zero-order chi connectivity index (χ0) is 22.5. The van der Waals surface area contributed by atoms with Gasteiger partial charge in [0.05, 0.1) is 17.4 Å². The average Bonchev–Trinajstić information content (AvgIpc) is 3.17. The lowest BCUT2D eigenvalue weighted by Gasteiger charge is -2.35. The van der Waals surface area contributed by atoms with E-state index < -0.39 is 17.9 Å². The number of carbonyl (C=O) groups is 1. The molecule has 0 aliphatic carbocycles. The van der Waals surface area contributed by atoms with Crippen LogP contribution in [0.4, 0.5) is 35.3 Å². The van der Waals surface area contributed by atoms with E-state index in [4.69, 9.17) is 0 Å². The first-order valence-electron chi connectivity index (χ1n) is 9.81. The second-order valence-corrected chi connectivity index (χ2v) is 8.43. The summed E-state index contributed by atoms with van der Waals surface area (Å²) in [5.74, 6) is 0.792. The molecule has 2 aliphatic heterocycles. The van der Waals surface area contributed by atoms with Crippen LogP contribution in [-0.4, -0.2) is 40.1 Å². The van der Waals surface area contributed by atoms with E-state index in [0.717, 1.165) is 35.4 Å². The Morgan fingerprint density at radius 2 is 1.94 bits per heavy atom. The maximum absolute atomic E-state index is 13.2. The van der Waals surface area contributed by atoms with Crippen molar-refractivity contribution < 1.29 is 18.0 Å². The maximum Gasteiger partial charge on any atom is 0.433 e. The number of aromatic nitrogens is 3. The number of rotatable bonds is 2. The van der Waals surface area contributed by atoms with Crippen molar-refractivity contribution in [2.24, 2.45) is 0 Å². The molecule has 3 aromatic heterocycles. The summed E-state index contributed by atoms with van der Waals surface area (Å²) >= 11 is 3.35. The van der Waals surface area contributed by atoms with E-state index in [1.807, 2.05) is 0 Å². The predicted octanol–water partition coefficient (Wildman–Crippen LogP) is 4.95. The molecular formula is C21H16BrF3N6O. The zero-order valence-corrected chi connectivity index (χ0v) is 18.1. The molecule has 5 heterocycles. The summed E-state index contributed by atoms with van der Waals surface area (Å²) in [4.78, 5) is 29.1. The highest BCUT2D eigenvalue weighted by molar-refractivity contribution is 9.10. The topological polar surface area (TPSA) is 74.2 Å². The van der Waals surface area contributed by atoms with Gasteiger partial charge in [0.2, 0.25) is 0 Å². The second-order valence-electron chi connectivity index (χ2n) is 7.51. The first-order chi connectivity index (χ1) is 15.3. The van der Waals surface area contributed by atoms with Crippen LogP contribution < -0.4 is 15.1 Å². The summed E-state index contributed by atoms with van der Waals surface area (Å²) in [5, 5.41) is 2.79. The minimum atomic E-state index is -4.56. The third kappa shape index (κ3) is 3.77. The lowest BCUT2D eigenvalue weighted by molar-refractivity contribution is -0.141. The van der Waals surface area contributed by atoms with E-state index in [1.165, 1.54) is 6.07 Å². The second kappa shape index (κ2) is 7.73. The Morgan fingerprint density at radius 1 is 1.12 bits per heavy atom. The number of anilines is 3. The SMILES string of the molecule is O=C(Nc1cc(Br)ccn1)N1c2nc(-c3ccnc(C(F)(F)F)c3)ccc2N2CCC1C2. The van der Waals surface area contributed by atoms with E-state index in [1.54, 1.807) is 35.4 Å². The van der Waals surface area contributed by atoms with Gasteiger partial charge in [0.15, 0.2) is 5.82 Å². The summed E-state index contributed by atoms with van der Waals surface area (Å²) in [5.41, 5.74) is 0.383. The molecule has 5 rings (SSSR count). The van der Waals surface area contributed by atoms with Crippen molar-refractivity contribution in [3.63, 3.8) is 0 Å². The van der Waals surface area contributed by atoms with Gasteiger partial charge in [0, 0.05) is 35.5 Å². The number of fused-ring (bicyclic) bond motifs is 4. The van der Waals surface area contributed by atoms with Crippen molar-refractivity contribution in [3.05, 3.63) is 59.0 Å². The fraction of sp³-hybridized carbons (Fsp3) is 0.238. The largest absolute Gasteiger partial charge is 0.433 e. The first-order valence-corrected chi connectivity index (χ1v) is 10.6. The van der Waals surface area contributed by atoms with Crippen LogP contribution in [0.15, 0.2) is 53.3 Å². The van der Waals surface area contributed by atoms with Crippen LogP contribution in [0.1, 0.15) is 12.1 Å². The van der Waals surface area contributed by atoms with Crippen LogP contribution >= 0.6 is 15.9 Å². The van der Waals surface area contributed by atoms with Gasteiger partial charge in [-0.05, 0) is 42.8 Å². The van der Waals surface area contributed by atoms with Crippen LogP contribution in [0, 0.1) is 0 Å². The third-order valence-electron chi connectivity index (χ3n) is 5.47. The average molecular weight is 505 g/mol. The smallest absolute Gasteiger partial charge is 0.366 e. The van der Waals surface area contributed by atoms with E-state index in [2.05, 4.69) is 41.1 Å². The fourth-order valence-corrected chi connectivity index (χ4v) is 4.36. The molecule has 1 atom stereocenters. The molecular weight excluding hydrogens is 489 g/mol. The number of nitrogens with one attached hydrogen (secondary N) is 1. The molecule has 11 heteroatoms. The van der Waals surface area contributed by atoms with Gasteiger partial charge in [-0.2, -0.15) is 13.2 Å². The molecule has 164 valence electrons. The lowest BCUT2D eigenvalue weighted by atomic mass is 10.1.